The van der Waals surface area contributed by atoms with Gasteiger partial charge in [-0.3, -0.25) is 9.78 Å². The van der Waals surface area contributed by atoms with E-state index >= 15 is 0 Å². The molecule has 2 aliphatic rings. The first-order chi connectivity index (χ1) is 11.7. The zero-order valence-corrected chi connectivity index (χ0v) is 13.6. The summed E-state index contributed by atoms with van der Waals surface area (Å²) < 4.78 is 13.7. The number of hydrogen-bond acceptors (Lipinski definition) is 3. The van der Waals surface area contributed by atoms with Gasteiger partial charge in [0.15, 0.2) is 0 Å². The minimum absolute atomic E-state index is 0.125. The Bertz CT molecular complexity index is 767. The molecule has 5 heteroatoms. The number of halogens is 1. The number of aromatic nitrogens is 1. The Hall–Kier alpha value is -2.01. The van der Waals surface area contributed by atoms with Crippen LogP contribution in [0.2, 0.25) is 0 Å². The highest BCUT2D eigenvalue weighted by molar-refractivity contribution is 6.06. The van der Waals surface area contributed by atoms with Crippen molar-refractivity contribution in [2.24, 2.45) is 5.92 Å². The van der Waals surface area contributed by atoms with Crippen LogP contribution in [-0.2, 0) is 0 Å². The van der Waals surface area contributed by atoms with Gasteiger partial charge >= 0.3 is 0 Å². The van der Waals surface area contributed by atoms with Crippen molar-refractivity contribution >= 4 is 16.8 Å². The summed E-state index contributed by atoms with van der Waals surface area (Å²) >= 11 is 0. The molecule has 2 aromatic rings. The first-order valence-electron chi connectivity index (χ1n) is 8.80. The van der Waals surface area contributed by atoms with Crippen LogP contribution in [0.25, 0.3) is 10.9 Å². The molecule has 0 bridgehead atoms. The number of carbonyl (C=O) groups excluding carboxylic acids is 1. The van der Waals surface area contributed by atoms with Crippen LogP contribution in [0.3, 0.4) is 0 Å². The number of carbonyl (C=O) groups is 1. The Morgan fingerprint density at radius 1 is 1.29 bits per heavy atom. The monoisotopic (exact) mass is 327 g/mol. The van der Waals surface area contributed by atoms with Crippen LogP contribution in [0.5, 0.6) is 0 Å². The second kappa shape index (κ2) is 6.48. The fourth-order valence-corrected chi connectivity index (χ4v) is 3.43. The van der Waals surface area contributed by atoms with Crippen molar-refractivity contribution in [2.45, 2.75) is 31.6 Å². The smallest absolute Gasteiger partial charge is 0.252 e. The van der Waals surface area contributed by atoms with Gasteiger partial charge in [-0.2, -0.15) is 0 Å². The first-order valence-corrected chi connectivity index (χ1v) is 8.80. The molecule has 1 unspecified atom stereocenters. The lowest BCUT2D eigenvalue weighted by molar-refractivity contribution is 0.0946. The van der Waals surface area contributed by atoms with Gasteiger partial charge in [-0.1, -0.05) is 0 Å². The van der Waals surface area contributed by atoms with Crippen LogP contribution in [-0.4, -0.2) is 30.5 Å². The number of nitrogens with zero attached hydrogens (tertiary/aromatic N) is 1. The molecule has 0 spiro atoms. The lowest BCUT2D eigenvalue weighted by Gasteiger charge is -2.23. The van der Waals surface area contributed by atoms with E-state index in [9.17, 15) is 9.18 Å². The quantitative estimate of drug-likeness (QED) is 0.908. The van der Waals surface area contributed by atoms with E-state index in [0.717, 1.165) is 44.5 Å². The van der Waals surface area contributed by atoms with E-state index in [1.165, 1.54) is 12.1 Å². The normalized spacial score (nSPS) is 21.0. The molecule has 2 heterocycles. The highest BCUT2D eigenvalue weighted by atomic mass is 19.1. The van der Waals surface area contributed by atoms with Gasteiger partial charge in [-0.25, -0.2) is 4.39 Å². The molecule has 126 valence electrons. The molecule has 1 amide bonds. The number of piperidine rings is 1. The average molecular weight is 327 g/mol. The second-order valence-electron chi connectivity index (χ2n) is 6.95. The summed E-state index contributed by atoms with van der Waals surface area (Å²) in [6, 6.07) is 6.34. The molecule has 1 atom stereocenters. The number of benzene rings is 1. The zero-order chi connectivity index (χ0) is 16.5. The largest absolute Gasteiger partial charge is 0.352 e. The molecule has 1 aromatic heterocycles. The van der Waals surface area contributed by atoms with E-state index < -0.39 is 0 Å². The molecule has 0 radical (unpaired) electrons. The fraction of sp³-hybridized carbons (Fsp3) is 0.474. The van der Waals surface area contributed by atoms with Crippen LogP contribution in [0, 0.1) is 11.7 Å². The molecule has 1 saturated carbocycles. The molecule has 1 aromatic carbocycles. The van der Waals surface area contributed by atoms with E-state index in [4.69, 9.17) is 0 Å². The minimum atomic E-state index is -0.339. The van der Waals surface area contributed by atoms with Gasteiger partial charge in [-0.15, -0.1) is 0 Å². The van der Waals surface area contributed by atoms with Gasteiger partial charge in [0.2, 0.25) is 0 Å². The van der Waals surface area contributed by atoms with Crippen molar-refractivity contribution in [1.82, 2.24) is 15.6 Å². The predicted octanol–water partition coefficient (Wildman–Crippen LogP) is 2.98. The Kier molecular flexibility index (Phi) is 4.19. The maximum absolute atomic E-state index is 13.7. The molecule has 4 rings (SSSR count). The molecule has 4 nitrogen and oxygen atoms in total. The number of nitrogens with one attached hydrogen (secondary N) is 2. The molecule has 1 aliphatic carbocycles. The summed E-state index contributed by atoms with van der Waals surface area (Å²) in [5.41, 5.74) is 2.20. The van der Waals surface area contributed by atoms with Crippen LogP contribution < -0.4 is 10.6 Å². The second-order valence-corrected chi connectivity index (χ2v) is 6.95. The third-order valence-corrected chi connectivity index (χ3v) is 4.98. The molecule has 1 aliphatic heterocycles. The predicted molar refractivity (Wildman–Crippen MR) is 91.6 cm³/mol. The maximum Gasteiger partial charge on any atom is 0.252 e. The van der Waals surface area contributed by atoms with Crippen molar-refractivity contribution in [3.63, 3.8) is 0 Å². The summed E-state index contributed by atoms with van der Waals surface area (Å²) in [5.74, 6) is 0.457. The zero-order valence-electron chi connectivity index (χ0n) is 13.6. The summed E-state index contributed by atoms with van der Waals surface area (Å²) in [5, 5.41) is 6.99. The number of amides is 1. The van der Waals surface area contributed by atoms with Crippen molar-refractivity contribution in [2.75, 3.05) is 19.6 Å². The van der Waals surface area contributed by atoms with Crippen LogP contribution in [0.4, 0.5) is 4.39 Å². The SMILES string of the molecule is O=C(NCC1CCCNC1)c1cc(C2CC2)nc2ccc(F)cc12. The Labute approximate surface area is 140 Å². The number of hydrogen-bond donors (Lipinski definition) is 2. The topological polar surface area (TPSA) is 54.0 Å². The van der Waals surface area contributed by atoms with E-state index in [1.807, 2.05) is 6.07 Å². The van der Waals surface area contributed by atoms with Crippen molar-refractivity contribution in [3.05, 3.63) is 41.3 Å². The van der Waals surface area contributed by atoms with Crippen LogP contribution in [0.15, 0.2) is 24.3 Å². The lowest BCUT2D eigenvalue weighted by Crippen LogP contribution is -2.38. The van der Waals surface area contributed by atoms with E-state index in [1.54, 1.807) is 6.07 Å². The van der Waals surface area contributed by atoms with Crippen LogP contribution in [0.1, 0.15) is 47.7 Å². The molecule has 1 saturated heterocycles. The summed E-state index contributed by atoms with van der Waals surface area (Å²) in [4.78, 5) is 17.3. The summed E-state index contributed by atoms with van der Waals surface area (Å²) in [6.45, 7) is 2.66. The summed E-state index contributed by atoms with van der Waals surface area (Å²) in [7, 11) is 0. The third kappa shape index (κ3) is 3.26. The van der Waals surface area contributed by atoms with Crippen LogP contribution >= 0.6 is 0 Å². The highest BCUT2D eigenvalue weighted by Crippen LogP contribution is 2.40. The summed E-state index contributed by atoms with van der Waals surface area (Å²) in [6.07, 6.45) is 4.52. The highest BCUT2D eigenvalue weighted by Gasteiger charge is 2.27. The Morgan fingerprint density at radius 3 is 2.92 bits per heavy atom. The lowest BCUT2D eigenvalue weighted by atomic mass is 9.99. The minimum Gasteiger partial charge on any atom is -0.352 e. The van der Waals surface area contributed by atoms with E-state index in [-0.39, 0.29) is 11.7 Å². The van der Waals surface area contributed by atoms with E-state index in [0.29, 0.717) is 34.8 Å². The van der Waals surface area contributed by atoms with Crippen molar-refractivity contribution in [3.8, 4) is 0 Å². The van der Waals surface area contributed by atoms with Gasteiger partial charge in [-0.05, 0) is 69.0 Å². The Morgan fingerprint density at radius 2 is 2.17 bits per heavy atom. The standard InChI is InChI=1S/C19H22FN3O/c20-14-5-6-17-15(8-14)16(9-18(23-17)13-3-4-13)19(24)22-11-12-2-1-7-21-10-12/h5-6,8-9,12-13,21H,1-4,7,10-11H2,(H,22,24). The molecular weight excluding hydrogens is 305 g/mol. The van der Waals surface area contributed by atoms with Gasteiger partial charge in [0.05, 0.1) is 11.1 Å². The van der Waals surface area contributed by atoms with Gasteiger partial charge in [0.1, 0.15) is 5.82 Å². The maximum atomic E-state index is 13.7. The number of fused-ring (bicyclic) bond motifs is 1. The number of pyridine rings is 1. The first kappa shape index (κ1) is 15.5. The Balaban J connectivity index is 1.60. The molecule has 2 fully saturated rings. The molecular formula is C19H22FN3O. The van der Waals surface area contributed by atoms with Gasteiger partial charge < -0.3 is 10.6 Å². The van der Waals surface area contributed by atoms with Crippen molar-refractivity contribution in [1.29, 1.82) is 0 Å². The molecule has 2 N–H and O–H groups in total. The van der Waals surface area contributed by atoms with Crippen molar-refractivity contribution < 1.29 is 9.18 Å². The van der Waals surface area contributed by atoms with Gasteiger partial charge in [0.25, 0.3) is 5.91 Å². The average Bonchev–Trinajstić information content (AvgIpc) is 3.45. The molecule has 24 heavy (non-hydrogen) atoms. The third-order valence-electron chi connectivity index (χ3n) is 4.98. The number of rotatable bonds is 4. The fourth-order valence-electron chi connectivity index (χ4n) is 3.43. The van der Waals surface area contributed by atoms with Gasteiger partial charge in [0, 0.05) is 23.5 Å². The van der Waals surface area contributed by atoms with E-state index in [2.05, 4.69) is 15.6 Å².